The van der Waals surface area contributed by atoms with Crippen LogP contribution in [-0.4, -0.2) is 17.0 Å². The Balaban J connectivity index is 2.95. The highest BCUT2D eigenvalue weighted by atomic mass is 79.9. The Morgan fingerprint density at radius 3 is 2.50 bits per heavy atom. The number of benzene rings is 1. The van der Waals surface area contributed by atoms with Crippen molar-refractivity contribution in [2.24, 2.45) is 0 Å². The molecule has 0 N–H and O–H groups in total. The summed E-state index contributed by atoms with van der Waals surface area (Å²) in [5, 5.41) is 0. The van der Waals surface area contributed by atoms with Gasteiger partial charge in [0.2, 0.25) is 6.41 Å². The molecule has 0 atom stereocenters. The smallest absolute Gasteiger partial charge is 0.219 e. The van der Waals surface area contributed by atoms with Crippen molar-refractivity contribution in [1.82, 2.24) is 0 Å². The van der Waals surface area contributed by atoms with E-state index in [-0.39, 0.29) is 0 Å². The van der Waals surface area contributed by atoms with Crippen LogP contribution in [0.4, 0.5) is 5.69 Å². The van der Waals surface area contributed by atoms with Gasteiger partial charge in [-0.15, -0.1) is 0 Å². The highest BCUT2D eigenvalue weighted by Gasteiger charge is 2.09. The lowest BCUT2D eigenvalue weighted by atomic mass is 10.3. The molecule has 0 fully saturated rings. The Morgan fingerprint density at radius 1 is 1.50 bits per heavy atom. The molecule has 0 aromatic heterocycles. The van der Waals surface area contributed by atoms with Gasteiger partial charge in [0.15, 0.2) is 0 Å². The highest BCUT2D eigenvalue weighted by molar-refractivity contribution is 9.10. The van der Waals surface area contributed by atoms with Gasteiger partial charge in [-0.2, -0.15) is 0 Å². The lowest BCUT2D eigenvalue weighted by molar-refractivity contribution is -0.106. The molecule has 5 heteroatoms. The predicted molar refractivity (Wildman–Crippen MR) is 68.8 cm³/mol. The number of hydrogen-bond donors (Lipinski definition) is 0. The lowest BCUT2D eigenvalue weighted by Crippen LogP contribution is -2.24. The number of rotatable bonds is 2. The average Bonchev–Trinajstić information content (AvgIpc) is 2.21. The SMILES string of the molecule is CSC(=S)N(C=O)c1ccc(Br)cc1. The first-order valence-corrected chi connectivity index (χ1v) is 6.19. The molecule has 0 saturated carbocycles. The summed E-state index contributed by atoms with van der Waals surface area (Å²) in [5.41, 5.74) is 0.780. The monoisotopic (exact) mass is 289 g/mol. The Bertz CT molecular complexity index is 339. The summed E-state index contributed by atoms with van der Waals surface area (Å²) in [4.78, 5) is 12.2. The largest absolute Gasteiger partial charge is 0.278 e. The zero-order valence-electron chi connectivity index (χ0n) is 7.44. The van der Waals surface area contributed by atoms with Crippen molar-refractivity contribution in [1.29, 1.82) is 0 Å². The maximum Gasteiger partial charge on any atom is 0.219 e. The molecule has 0 aliphatic rings. The third-order valence-corrected chi connectivity index (χ3v) is 3.35. The minimum Gasteiger partial charge on any atom is -0.278 e. The minimum absolute atomic E-state index is 0.544. The topological polar surface area (TPSA) is 20.3 Å². The van der Waals surface area contributed by atoms with Crippen molar-refractivity contribution in [3.05, 3.63) is 28.7 Å². The summed E-state index contributed by atoms with van der Waals surface area (Å²) >= 11 is 9.73. The van der Waals surface area contributed by atoms with Gasteiger partial charge < -0.3 is 0 Å². The second kappa shape index (κ2) is 5.48. The molecule has 1 amide bonds. The average molecular weight is 290 g/mol. The Hall–Kier alpha value is -0.390. The van der Waals surface area contributed by atoms with Gasteiger partial charge in [0.05, 0.1) is 5.69 Å². The van der Waals surface area contributed by atoms with Crippen molar-refractivity contribution >= 4 is 56.3 Å². The molecular formula is C9H8BrNOS2. The van der Waals surface area contributed by atoms with Gasteiger partial charge >= 0.3 is 0 Å². The van der Waals surface area contributed by atoms with E-state index >= 15 is 0 Å². The lowest BCUT2D eigenvalue weighted by Gasteiger charge is -2.16. The molecule has 1 rings (SSSR count). The number of hydrogen-bond acceptors (Lipinski definition) is 3. The van der Waals surface area contributed by atoms with Gasteiger partial charge in [0, 0.05) is 4.47 Å². The fourth-order valence-corrected chi connectivity index (χ4v) is 1.67. The molecule has 0 spiro atoms. The summed E-state index contributed by atoms with van der Waals surface area (Å²) in [6.45, 7) is 0. The fourth-order valence-electron chi connectivity index (χ4n) is 0.909. The molecule has 74 valence electrons. The zero-order chi connectivity index (χ0) is 10.6. The van der Waals surface area contributed by atoms with E-state index < -0.39 is 0 Å². The molecule has 0 heterocycles. The van der Waals surface area contributed by atoms with Crippen LogP contribution < -0.4 is 4.90 Å². The van der Waals surface area contributed by atoms with Crippen LogP contribution in [0.2, 0.25) is 0 Å². The van der Waals surface area contributed by atoms with E-state index in [1.807, 2.05) is 30.5 Å². The number of carbonyl (C=O) groups is 1. The molecule has 0 aliphatic heterocycles. The predicted octanol–water partition coefficient (Wildman–Crippen LogP) is 3.06. The first-order valence-electron chi connectivity index (χ1n) is 3.77. The van der Waals surface area contributed by atoms with Crippen LogP contribution in [0.15, 0.2) is 28.7 Å². The van der Waals surface area contributed by atoms with Crippen molar-refractivity contribution < 1.29 is 4.79 Å². The van der Waals surface area contributed by atoms with Crippen molar-refractivity contribution in [2.45, 2.75) is 0 Å². The number of thioether (sulfide) groups is 1. The van der Waals surface area contributed by atoms with Gasteiger partial charge in [0.1, 0.15) is 4.32 Å². The van der Waals surface area contributed by atoms with E-state index in [2.05, 4.69) is 15.9 Å². The fraction of sp³-hybridized carbons (Fsp3) is 0.111. The third kappa shape index (κ3) is 2.80. The van der Waals surface area contributed by atoms with Crippen molar-refractivity contribution in [3.63, 3.8) is 0 Å². The van der Waals surface area contributed by atoms with Gasteiger partial charge in [-0.05, 0) is 30.5 Å². The van der Waals surface area contributed by atoms with Crippen LogP contribution >= 0.6 is 39.9 Å². The Kier molecular flexibility index (Phi) is 4.57. The molecule has 0 radical (unpaired) electrons. The Labute approximate surface area is 101 Å². The Morgan fingerprint density at radius 2 is 2.07 bits per heavy atom. The molecule has 0 bridgehead atoms. The number of carbonyl (C=O) groups excluding carboxylic acids is 1. The summed E-state index contributed by atoms with van der Waals surface area (Å²) in [7, 11) is 0. The third-order valence-electron chi connectivity index (χ3n) is 1.58. The highest BCUT2D eigenvalue weighted by Crippen LogP contribution is 2.19. The number of amides is 1. The molecule has 1 aromatic carbocycles. The van der Waals surface area contributed by atoms with Crippen LogP contribution in [0.5, 0.6) is 0 Å². The number of anilines is 1. The number of thiocarbonyl (C=S) groups is 1. The summed E-state index contributed by atoms with van der Waals surface area (Å²) in [6, 6.07) is 7.41. The van der Waals surface area contributed by atoms with Gasteiger partial charge in [-0.25, -0.2) is 0 Å². The van der Waals surface area contributed by atoms with E-state index in [1.165, 1.54) is 16.7 Å². The van der Waals surface area contributed by atoms with Crippen molar-refractivity contribution in [2.75, 3.05) is 11.2 Å². The molecule has 0 saturated heterocycles. The van der Waals surface area contributed by atoms with Gasteiger partial charge in [0.25, 0.3) is 0 Å². The summed E-state index contributed by atoms with van der Waals surface area (Å²) in [5.74, 6) is 0. The first kappa shape index (κ1) is 11.7. The van der Waals surface area contributed by atoms with E-state index in [0.29, 0.717) is 4.32 Å². The molecule has 0 unspecified atom stereocenters. The van der Waals surface area contributed by atoms with E-state index in [9.17, 15) is 4.79 Å². The molecule has 14 heavy (non-hydrogen) atoms. The standard InChI is InChI=1S/C9H8BrNOS2/c1-14-9(13)11(6-12)8-4-2-7(10)3-5-8/h2-6H,1H3. The van der Waals surface area contributed by atoms with E-state index in [0.717, 1.165) is 16.6 Å². The molecule has 1 aromatic rings. The van der Waals surface area contributed by atoms with Crippen molar-refractivity contribution in [3.8, 4) is 0 Å². The summed E-state index contributed by atoms with van der Waals surface area (Å²) in [6.07, 6.45) is 2.57. The second-order valence-electron chi connectivity index (χ2n) is 2.42. The van der Waals surface area contributed by atoms with Gasteiger partial charge in [-0.1, -0.05) is 39.9 Å². The quantitative estimate of drug-likeness (QED) is 0.617. The van der Waals surface area contributed by atoms with Crippen LogP contribution in [0, 0.1) is 0 Å². The second-order valence-corrected chi connectivity index (χ2v) is 4.78. The number of nitrogens with zero attached hydrogens (tertiary/aromatic N) is 1. The van der Waals surface area contributed by atoms with Crippen LogP contribution in [0.3, 0.4) is 0 Å². The van der Waals surface area contributed by atoms with Crippen LogP contribution in [-0.2, 0) is 4.79 Å². The molecule has 2 nitrogen and oxygen atoms in total. The normalized spacial score (nSPS) is 9.57. The van der Waals surface area contributed by atoms with Gasteiger partial charge in [-0.3, -0.25) is 9.69 Å². The zero-order valence-corrected chi connectivity index (χ0v) is 10.7. The molecular weight excluding hydrogens is 282 g/mol. The molecule has 0 aliphatic carbocycles. The minimum atomic E-state index is 0.544. The van der Waals surface area contributed by atoms with Crippen LogP contribution in [0.25, 0.3) is 0 Å². The number of halogens is 1. The maximum atomic E-state index is 10.8. The summed E-state index contributed by atoms with van der Waals surface area (Å²) < 4.78 is 1.52. The maximum absolute atomic E-state index is 10.8. The van der Waals surface area contributed by atoms with E-state index in [4.69, 9.17) is 12.2 Å². The first-order chi connectivity index (χ1) is 6.69. The van der Waals surface area contributed by atoms with E-state index in [1.54, 1.807) is 0 Å². The van der Waals surface area contributed by atoms with Crippen LogP contribution in [0.1, 0.15) is 0 Å².